The van der Waals surface area contributed by atoms with Gasteiger partial charge < -0.3 is 5.11 Å². The van der Waals surface area contributed by atoms with Crippen molar-refractivity contribution >= 4 is 5.97 Å². The summed E-state index contributed by atoms with van der Waals surface area (Å²) in [5.74, 6) is 0.0181. The maximum absolute atomic E-state index is 10.5. The Hall–Kier alpha value is -0.950. The number of carboxylic acids is 1. The van der Waals surface area contributed by atoms with Crippen molar-refractivity contribution < 1.29 is 29.8 Å². The summed E-state index contributed by atoms with van der Waals surface area (Å²) in [5, 5.41) is 17.8. The van der Waals surface area contributed by atoms with Crippen molar-refractivity contribution in [1.82, 2.24) is 0 Å². The van der Waals surface area contributed by atoms with E-state index in [1.807, 2.05) is 6.08 Å². The lowest BCUT2D eigenvalue weighted by Gasteiger charge is -2.28. The van der Waals surface area contributed by atoms with Gasteiger partial charge in [-0.15, -0.1) is 0 Å². The molecule has 5 unspecified atom stereocenters. The first kappa shape index (κ1) is 21.4. The lowest BCUT2D eigenvalue weighted by molar-refractivity contribution is -0.337. The SMILES string of the molecule is CCCCCC(/C=C/C1C2CC(OO2)C1CCCCCCC(=O)O)OO. The van der Waals surface area contributed by atoms with Crippen LogP contribution in [-0.4, -0.2) is 34.6 Å². The molecule has 2 aliphatic rings. The third kappa shape index (κ3) is 6.65. The second kappa shape index (κ2) is 11.7. The molecule has 2 N–H and O–H groups in total. The number of unbranched alkanes of at least 4 members (excludes halogenated alkanes) is 5. The van der Waals surface area contributed by atoms with Crippen LogP contribution in [0.5, 0.6) is 0 Å². The van der Waals surface area contributed by atoms with E-state index in [1.54, 1.807) is 0 Å². The molecule has 0 aromatic carbocycles. The van der Waals surface area contributed by atoms with Crippen LogP contribution in [0.15, 0.2) is 12.2 Å². The van der Waals surface area contributed by atoms with Gasteiger partial charge in [-0.05, 0) is 25.2 Å². The van der Waals surface area contributed by atoms with Crippen molar-refractivity contribution in [1.29, 1.82) is 0 Å². The molecule has 26 heavy (non-hydrogen) atoms. The van der Waals surface area contributed by atoms with E-state index >= 15 is 0 Å². The number of hydrogen-bond donors (Lipinski definition) is 2. The molecule has 0 spiro atoms. The second-order valence-corrected chi connectivity index (χ2v) is 7.62. The van der Waals surface area contributed by atoms with E-state index in [-0.39, 0.29) is 24.7 Å². The molecule has 1 heterocycles. The summed E-state index contributed by atoms with van der Waals surface area (Å²) in [6.07, 6.45) is 14.4. The molecule has 6 heteroatoms. The van der Waals surface area contributed by atoms with Gasteiger partial charge in [-0.1, -0.05) is 57.6 Å². The third-order valence-electron chi connectivity index (χ3n) is 5.62. The topological polar surface area (TPSA) is 85.2 Å². The molecular weight excluding hydrogens is 336 g/mol. The molecule has 0 radical (unpaired) electrons. The average Bonchev–Trinajstić information content (AvgIpc) is 3.22. The van der Waals surface area contributed by atoms with Gasteiger partial charge in [-0.2, -0.15) is 0 Å². The lowest BCUT2D eigenvalue weighted by Crippen LogP contribution is -2.29. The van der Waals surface area contributed by atoms with Crippen molar-refractivity contribution in [3.63, 3.8) is 0 Å². The number of rotatable bonds is 14. The van der Waals surface area contributed by atoms with Crippen LogP contribution in [0.3, 0.4) is 0 Å². The maximum atomic E-state index is 10.5. The normalized spacial score (nSPS) is 28.8. The first-order valence-electron chi connectivity index (χ1n) is 10.2. The number of carbonyl (C=O) groups is 1. The summed E-state index contributed by atoms with van der Waals surface area (Å²) < 4.78 is 0. The van der Waals surface area contributed by atoms with Crippen molar-refractivity contribution in [2.24, 2.45) is 11.8 Å². The van der Waals surface area contributed by atoms with Gasteiger partial charge in [0.15, 0.2) is 0 Å². The van der Waals surface area contributed by atoms with Gasteiger partial charge in [0.25, 0.3) is 0 Å². The molecule has 2 fully saturated rings. The zero-order valence-electron chi connectivity index (χ0n) is 15.8. The fourth-order valence-corrected chi connectivity index (χ4v) is 4.13. The number of hydrogen-bond acceptors (Lipinski definition) is 5. The quantitative estimate of drug-likeness (QED) is 0.199. The van der Waals surface area contributed by atoms with Crippen LogP contribution in [0.25, 0.3) is 0 Å². The highest BCUT2D eigenvalue weighted by Gasteiger charge is 2.49. The third-order valence-corrected chi connectivity index (χ3v) is 5.62. The Kier molecular flexibility index (Phi) is 9.61. The van der Waals surface area contributed by atoms with E-state index in [4.69, 9.17) is 20.1 Å². The van der Waals surface area contributed by atoms with Crippen LogP contribution in [0.2, 0.25) is 0 Å². The van der Waals surface area contributed by atoms with Crippen molar-refractivity contribution in [3.05, 3.63) is 12.2 Å². The second-order valence-electron chi connectivity index (χ2n) is 7.62. The highest BCUT2D eigenvalue weighted by atomic mass is 17.2. The van der Waals surface area contributed by atoms with Crippen molar-refractivity contribution in [3.8, 4) is 0 Å². The zero-order valence-corrected chi connectivity index (χ0v) is 15.8. The van der Waals surface area contributed by atoms with E-state index < -0.39 is 5.97 Å². The van der Waals surface area contributed by atoms with Gasteiger partial charge in [0.2, 0.25) is 0 Å². The number of fused-ring (bicyclic) bond motifs is 2. The van der Waals surface area contributed by atoms with Crippen LogP contribution in [0.1, 0.15) is 77.6 Å². The highest BCUT2D eigenvalue weighted by Crippen LogP contribution is 2.45. The molecule has 0 aromatic rings. The summed E-state index contributed by atoms with van der Waals surface area (Å²) in [4.78, 5) is 26.0. The van der Waals surface area contributed by atoms with Crippen LogP contribution in [0, 0.1) is 11.8 Å². The van der Waals surface area contributed by atoms with Crippen LogP contribution in [0.4, 0.5) is 0 Å². The highest BCUT2D eigenvalue weighted by molar-refractivity contribution is 5.66. The molecule has 6 nitrogen and oxygen atoms in total. The average molecular weight is 370 g/mol. The van der Waals surface area contributed by atoms with Crippen molar-refractivity contribution in [2.45, 2.75) is 95.9 Å². The predicted octanol–water partition coefficient (Wildman–Crippen LogP) is 4.74. The first-order valence-corrected chi connectivity index (χ1v) is 10.2. The molecule has 150 valence electrons. The van der Waals surface area contributed by atoms with Gasteiger partial charge >= 0.3 is 5.97 Å². The molecule has 2 rings (SSSR count). The molecule has 1 aliphatic heterocycles. The summed E-state index contributed by atoms with van der Waals surface area (Å²) in [6.45, 7) is 2.16. The summed E-state index contributed by atoms with van der Waals surface area (Å²) >= 11 is 0. The van der Waals surface area contributed by atoms with Crippen molar-refractivity contribution in [2.75, 3.05) is 0 Å². The molecule has 1 aliphatic carbocycles. The summed E-state index contributed by atoms with van der Waals surface area (Å²) in [7, 11) is 0. The van der Waals surface area contributed by atoms with Gasteiger partial charge in [0, 0.05) is 18.8 Å². The standard InChI is InChI=1S/C20H34O6/c1-2-3-6-9-15(24-23)12-13-17-16(18-14-19(17)26-25-18)10-7-4-5-8-11-20(21)22/h12-13,15-19,23H,2-11,14H2,1H3,(H,21,22)/b13-12+. The molecule has 2 bridgehead atoms. The fourth-order valence-electron chi connectivity index (χ4n) is 4.13. The fraction of sp³-hybridized carbons (Fsp3) is 0.850. The minimum atomic E-state index is -0.714. The maximum Gasteiger partial charge on any atom is 0.303 e. The van der Waals surface area contributed by atoms with E-state index in [0.29, 0.717) is 11.8 Å². The molecule has 0 amide bonds. The largest absolute Gasteiger partial charge is 0.481 e. The van der Waals surface area contributed by atoms with Crippen LogP contribution in [-0.2, 0) is 19.5 Å². The Labute approximate surface area is 156 Å². The number of carboxylic acid groups (broad SMARTS) is 1. The molecule has 5 atom stereocenters. The molecule has 1 saturated heterocycles. The van der Waals surface area contributed by atoms with Gasteiger partial charge in [0.1, 0.15) is 12.2 Å². The Morgan fingerprint density at radius 1 is 1.15 bits per heavy atom. The molecular formula is C20H34O6. The van der Waals surface area contributed by atoms with Gasteiger partial charge in [0.05, 0.1) is 6.10 Å². The van der Waals surface area contributed by atoms with E-state index in [9.17, 15) is 4.79 Å². The molecule has 0 aromatic heterocycles. The minimum absolute atomic E-state index is 0.100. The summed E-state index contributed by atoms with van der Waals surface area (Å²) in [5.41, 5.74) is 0. The van der Waals surface area contributed by atoms with E-state index in [2.05, 4.69) is 17.9 Å². The number of aliphatic carboxylic acids is 1. The Balaban J connectivity index is 1.76. The Bertz CT molecular complexity index is 438. The Morgan fingerprint density at radius 3 is 2.65 bits per heavy atom. The minimum Gasteiger partial charge on any atom is -0.481 e. The van der Waals surface area contributed by atoms with Gasteiger partial charge in [-0.25, -0.2) is 14.7 Å². The monoisotopic (exact) mass is 370 g/mol. The predicted molar refractivity (Wildman–Crippen MR) is 97.5 cm³/mol. The van der Waals surface area contributed by atoms with Gasteiger partial charge in [-0.3, -0.25) is 10.1 Å². The van der Waals surface area contributed by atoms with Crippen LogP contribution >= 0.6 is 0 Å². The lowest BCUT2D eigenvalue weighted by atomic mass is 9.87. The zero-order chi connectivity index (χ0) is 18.8. The molecule has 1 saturated carbocycles. The Morgan fingerprint density at radius 2 is 1.92 bits per heavy atom. The smallest absolute Gasteiger partial charge is 0.303 e. The van der Waals surface area contributed by atoms with E-state index in [0.717, 1.165) is 64.2 Å². The van der Waals surface area contributed by atoms with Crippen LogP contribution < -0.4 is 0 Å². The first-order chi connectivity index (χ1) is 12.7. The van der Waals surface area contributed by atoms with E-state index in [1.165, 1.54) is 0 Å². The summed E-state index contributed by atoms with van der Waals surface area (Å²) in [6, 6.07) is 0.